The Balaban J connectivity index is 1.84. The summed E-state index contributed by atoms with van der Waals surface area (Å²) >= 11 is 0. The summed E-state index contributed by atoms with van der Waals surface area (Å²) in [7, 11) is 3.31. The summed E-state index contributed by atoms with van der Waals surface area (Å²) in [5.74, 6) is -1.06. The first-order valence-corrected chi connectivity index (χ1v) is 13.9. The van der Waals surface area contributed by atoms with Gasteiger partial charge in [0.15, 0.2) is 0 Å². The number of hydrogen-bond donors (Lipinski definition) is 3. The number of rotatable bonds is 12. The fourth-order valence-electron chi connectivity index (χ4n) is 5.04. The fourth-order valence-corrected chi connectivity index (χ4v) is 5.04. The summed E-state index contributed by atoms with van der Waals surface area (Å²) in [6.45, 7) is 7.62. The maximum absolute atomic E-state index is 13.9. The lowest BCUT2D eigenvalue weighted by atomic mass is 9.87. The second kappa shape index (κ2) is 14.2. The van der Waals surface area contributed by atoms with Crippen molar-refractivity contribution in [3.8, 4) is 0 Å². The highest BCUT2D eigenvalue weighted by molar-refractivity contribution is 5.93. The van der Waals surface area contributed by atoms with E-state index in [0.29, 0.717) is 6.61 Å². The van der Waals surface area contributed by atoms with E-state index in [9.17, 15) is 14.4 Å². The molecule has 8 heteroatoms. The zero-order valence-corrected chi connectivity index (χ0v) is 24.1. The average Bonchev–Trinajstić information content (AvgIpc) is 2.94. The van der Waals surface area contributed by atoms with Gasteiger partial charge in [0.1, 0.15) is 12.1 Å². The van der Waals surface area contributed by atoms with E-state index in [2.05, 4.69) is 28.1 Å². The first kappa shape index (κ1) is 30.3. The second-order valence-electron chi connectivity index (χ2n) is 10.8. The molecule has 0 saturated heterocycles. The summed E-state index contributed by atoms with van der Waals surface area (Å²) in [5, 5.41) is 8.98. The molecular formula is C31H44N4O4. The van der Waals surface area contributed by atoms with Crippen molar-refractivity contribution in [2.24, 2.45) is 5.92 Å². The van der Waals surface area contributed by atoms with Crippen LogP contribution >= 0.6 is 0 Å². The lowest BCUT2D eigenvalue weighted by Gasteiger charge is -2.37. The van der Waals surface area contributed by atoms with Crippen LogP contribution in [0.1, 0.15) is 63.3 Å². The van der Waals surface area contributed by atoms with E-state index in [-0.39, 0.29) is 29.7 Å². The molecule has 3 rings (SSSR count). The zero-order valence-electron chi connectivity index (χ0n) is 24.1. The number of nitrogens with zero attached hydrogens (tertiary/aromatic N) is 1. The van der Waals surface area contributed by atoms with Crippen LogP contribution in [0.15, 0.2) is 54.6 Å². The standard InChI is InChI=1S/C31H44N4O4/c1-20(2)27(34-29(36)21(3)32-5)31(38)35(6)28(22(4)39-19-23-13-8-7-9-14-23)30(37)33-26-18-12-16-24-15-10-11-17-25(24)26/h7-11,13-15,17,20-22,26-28,32H,12,16,18-19H2,1-6H3,(H,33,37)(H,34,36)/t21-,22?,26?,27-,28-/m0/s1. The van der Waals surface area contributed by atoms with E-state index < -0.39 is 24.2 Å². The number of benzene rings is 2. The normalized spacial score (nSPS) is 17.9. The molecule has 1 aliphatic rings. The van der Waals surface area contributed by atoms with Gasteiger partial charge in [-0.2, -0.15) is 0 Å². The van der Waals surface area contributed by atoms with E-state index in [1.54, 1.807) is 21.0 Å². The third kappa shape index (κ3) is 7.90. The summed E-state index contributed by atoms with van der Waals surface area (Å²) in [6.07, 6.45) is 2.20. The molecule has 2 unspecified atom stereocenters. The number of likely N-dealkylation sites (N-methyl/N-ethyl adjacent to an activating group) is 2. The van der Waals surface area contributed by atoms with E-state index in [1.165, 1.54) is 10.5 Å². The van der Waals surface area contributed by atoms with E-state index in [1.807, 2.05) is 63.2 Å². The Kier molecular flexibility index (Phi) is 11.1. The summed E-state index contributed by atoms with van der Waals surface area (Å²) in [6, 6.07) is 15.6. The van der Waals surface area contributed by atoms with Crippen molar-refractivity contribution in [1.82, 2.24) is 20.9 Å². The Morgan fingerprint density at radius 3 is 2.31 bits per heavy atom. The molecule has 3 amide bonds. The van der Waals surface area contributed by atoms with E-state index >= 15 is 0 Å². The van der Waals surface area contributed by atoms with Gasteiger partial charge in [0.2, 0.25) is 17.7 Å². The van der Waals surface area contributed by atoms with Gasteiger partial charge in [0.05, 0.1) is 24.8 Å². The zero-order chi connectivity index (χ0) is 28.5. The molecule has 8 nitrogen and oxygen atoms in total. The molecule has 0 aromatic heterocycles. The van der Waals surface area contributed by atoms with Crippen LogP contribution in [-0.4, -0.2) is 60.9 Å². The third-order valence-corrected chi connectivity index (χ3v) is 7.58. The number of hydrogen-bond acceptors (Lipinski definition) is 5. The van der Waals surface area contributed by atoms with Gasteiger partial charge in [0, 0.05) is 7.05 Å². The maximum atomic E-state index is 13.9. The number of aryl methyl sites for hydroxylation is 1. The van der Waals surface area contributed by atoms with Crippen LogP contribution < -0.4 is 16.0 Å². The van der Waals surface area contributed by atoms with Crippen LogP contribution in [0.25, 0.3) is 0 Å². The van der Waals surface area contributed by atoms with Crippen molar-refractivity contribution in [1.29, 1.82) is 0 Å². The summed E-state index contributed by atoms with van der Waals surface area (Å²) in [4.78, 5) is 41.8. The lowest BCUT2D eigenvalue weighted by molar-refractivity contribution is -0.148. The highest BCUT2D eigenvalue weighted by Crippen LogP contribution is 2.30. The van der Waals surface area contributed by atoms with Crippen molar-refractivity contribution >= 4 is 17.7 Å². The first-order valence-electron chi connectivity index (χ1n) is 13.9. The molecule has 1 aliphatic carbocycles. The van der Waals surface area contributed by atoms with Crippen LogP contribution in [0.4, 0.5) is 0 Å². The molecule has 2 aromatic carbocycles. The molecule has 0 saturated carbocycles. The maximum Gasteiger partial charge on any atom is 0.245 e. The number of fused-ring (bicyclic) bond motifs is 1. The second-order valence-corrected chi connectivity index (χ2v) is 10.8. The predicted molar refractivity (Wildman–Crippen MR) is 153 cm³/mol. The first-order chi connectivity index (χ1) is 18.6. The van der Waals surface area contributed by atoms with Gasteiger partial charge < -0.3 is 25.6 Å². The molecule has 0 fully saturated rings. The molecule has 3 N–H and O–H groups in total. The van der Waals surface area contributed by atoms with Crippen LogP contribution in [0.3, 0.4) is 0 Å². The van der Waals surface area contributed by atoms with Gasteiger partial charge in [-0.25, -0.2) is 0 Å². The molecule has 0 spiro atoms. The smallest absolute Gasteiger partial charge is 0.245 e. The van der Waals surface area contributed by atoms with Crippen LogP contribution in [0, 0.1) is 5.92 Å². The van der Waals surface area contributed by atoms with Gasteiger partial charge in [0.25, 0.3) is 0 Å². The monoisotopic (exact) mass is 536 g/mol. The molecule has 39 heavy (non-hydrogen) atoms. The molecular weight excluding hydrogens is 492 g/mol. The highest BCUT2D eigenvalue weighted by atomic mass is 16.5. The molecule has 212 valence electrons. The minimum absolute atomic E-state index is 0.133. The lowest BCUT2D eigenvalue weighted by Crippen LogP contribution is -2.60. The van der Waals surface area contributed by atoms with Crippen molar-refractivity contribution in [3.05, 3.63) is 71.3 Å². The number of ether oxygens (including phenoxy) is 1. The Hall–Kier alpha value is -3.23. The largest absolute Gasteiger partial charge is 0.371 e. The quantitative estimate of drug-likeness (QED) is 0.386. The number of carbonyl (C=O) groups is 3. The Morgan fingerprint density at radius 1 is 0.974 bits per heavy atom. The minimum Gasteiger partial charge on any atom is -0.371 e. The Morgan fingerprint density at radius 2 is 1.64 bits per heavy atom. The molecule has 0 aliphatic heterocycles. The van der Waals surface area contributed by atoms with Gasteiger partial charge >= 0.3 is 0 Å². The fraction of sp³-hybridized carbons (Fsp3) is 0.516. The molecule has 0 heterocycles. The number of nitrogens with one attached hydrogen (secondary N) is 3. The Labute approximate surface area is 232 Å². The van der Waals surface area contributed by atoms with E-state index in [4.69, 9.17) is 4.74 Å². The van der Waals surface area contributed by atoms with Crippen molar-refractivity contribution in [2.45, 2.75) is 83.8 Å². The van der Waals surface area contributed by atoms with Gasteiger partial charge in [-0.05, 0) is 62.8 Å². The van der Waals surface area contributed by atoms with Crippen LogP contribution in [0.5, 0.6) is 0 Å². The van der Waals surface area contributed by atoms with Gasteiger partial charge in [-0.1, -0.05) is 68.4 Å². The Bertz CT molecular complexity index is 1110. The molecule has 0 bridgehead atoms. The average molecular weight is 537 g/mol. The molecule has 2 aromatic rings. The molecule has 5 atom stereocenters. The van der Waals surface area contributed by atoms with Crippen molar-refractivity contribution in [2.75, 3.05) is 14.1 Å². The van der Waals surface area contributed by atoms with Crippen molar-refractivity contribution in [3.63, 3.8) is 0 Å². The predicted octanol–water partition coefficient (Wildman–Crippen LogP) is 3.36. The summed E-state index contributed by atoms with van der Waals surface area (Å²) in [5.41, 5.74) is 3.34. The topological polar surface area (TPSA) is 99.8 Å². The SMILES string of the molecule is CN[C@@H](C)C(=O)N[C@H](C(=O)N(C)[C@H](C(=O)NC1CCCc2ccccc21)C(C)OCc1ccccc1)C(C)C. The highest BCUT2D eigenvalue weighted by Gasteiger charge is 2.38. The van der Waals surface area contributed by atoms with Crippen molar-refractivity contribution < 1.29 is 19.1 Å². The van der Waals surface area contributed by atoms with E-state index in [0.717, 1.165) is 30.4 Å². The molecule has 0 radical (unpaired) electrons. The minimum atomic E-state index is -0.893. The number of amides is 3. The van der Waals surface area contributed by atoms with Gasteiger partial charge in [-0.15, -0.1) is 0 Å². The van der Waals surface area contributed by atoms with Crippen LogP contribution in [0.2, 0.25) is 0 Å². The number of carbonyl (C=O) groups excluding carboxylic acids is 3. The third-order valence-electron chi connectivity index (χ3n) is 7.58. The van der Waals surface area contributed by atoms with Crippen LogP contribution in [-0.2, 0) is 32.1 Å². The summed E-state index contributed by atoms with van der Waals surface area (Å²) < 4.78 is 6.17. The van der Waals surface area contributed by atoms with Gasteiger partial charge in [-0.3, -0.25) is 14.4 Å².